The molecule has 26 heavy (non-hydrogen) atoms. The van der Waals surface area contributed by atoms with Crippen molar-refractivity contribution in [3.63, 3.8) is 0 Å². The zero-order valence-electron chi connectivity index (χ0n) is 15.7. The Morgan fingerprint density at radius 2 is 1.73 bits per heavy atom. The summed E-state index contributed by atoms with van der Waals surface area (Å²) in [6.07, 6.45) is 4.58. The van der Waals surface area contributed by atoms with Gasteiger partial charge in [-0.2, -0.15) is 0 Å². The van der Waals surface area contributed by atoms with Crippen molar-refractivity contribution in [1.29, 1.82) is 0 Å². The number of carbonyl (C=O) groups excluding carboxylic acids is 2. The van der Waals surface area contributed by atoms with Crippen LogP contribution in [0.4, 0.5) is 0 Å². The molecule has 1 aromatic rings. The minimum Gasteiger partial charge on any atom is -0.494 e. The fourth-order valence-electron chi connectivity index (χ4n) is 3.05. The molecule has 2 rings (SSSR count). The number of ether oxygens (including phenoxy) is 3. The van der Waals surface area contributed by atoms with Crippen molar-refractivity contribution in [2.45, 2.75) is 52.0 Å². The highest BCUT2D eigenvalue weighted by atomic mass is 16.5. The Labute approximate surface area is 155 Å². The van der Waals surface area contributed by atoms with Crippen LogP contribution in [0.5, 0.6) is 11.5 Å². The third-order valence-corrected chi connectivity index (χ3v) is 4.53. The van der Waals surface area contributed by atoms with Gasteiger partial charge in [0.05, 0.1) is 19.6 Å². The molecule has 1 N–H and O–H groups in total. The Kier molecular flexibility index (Phi) is 8.25. The molecular weight excluding hydrogens is 334 g/mol. The highest BCUT2D eigenvalue weighted by Crippen LogP contribution is 2.23. The van der Waals surface area contributed by atoms with E-state index in [1.807, 2.05) is 19.1 Å². The van der Waals surface area contributed by atoms with Gasteiger partial charge in [-0.25, -0.2) is 0 Å². The van der Waals surface area contributed by atoms with Gasteiger partial charge in [0.2, 0.25) is 0 Å². The molecule has 6 nitrogen and oxygen atoms in total. The number of hydrogen-bond donors (Lipinski definition) is 1. The van der Waals surface area contributed by atoms with E-state index in [1.165, 1.54) is 6.42 Å². The van der Waals surface area contributed by atoms with Gasteiger partial charge in [-0.1, -0.05) is 19.8 Å². The molecule has 0 bridgehead atoms. The molecule has 6 heteroatoms. The van der Waals surface area contributed by atoms with E-state index in [4.69, 9.17) is 14.2 Å². The van der Waals surface area contributed by atoms with Gasteiger partial charge >= 0.3 is 5.97 Å². The van der Waals surface area contributed by atoms with Gasteiger partial charge in [0.15, 0.2) is 6.61 Å². The van der Waals surface area contributed by atoms with Crippen LogP contribution >= 0.6 is 0 Å². The van der Waals surface area contributed by atoms with E-state index < -0.39 is 5.97 Å². The lowest BCUT2D eigenvalue weighted by Gasteiger charge is -2.29. The van der Waals surface area contributed by atoms with Crippen molar-refractivity contribution in [3.05, 3.63) is 24.3 Å². The van der Waals surface area contributed by atoms with Gasteiger partial charge in [-0.3, -0.25) is 9.59 Å². The molecular formula is C20H29NO5. The van der Waals surface area contributed by atoms with Crippen LogP contribution in [0.15, 0.2) is 24.3 Å². The Balaban J connectivity index is 1.60. The number of rotatable bonds is 9. The number of carbonyl (C=O) groups is 2. The van der Waals surface area contributed by atoms with Crippen LogP contribution in [0.25, 0.3) is 0 Å². The van der Waals surface area contributed by atoms with Crippen molar-refractivity contribution in [3.8, 4) is 11.5 Å². The summed E-state index contributed by atoms with van der Waals surface area (Å²) < 4.78 is 15.9. The maximum absolute atomic E-state index is 11.9. The van der Waals surface area contributed by atoms with Crippen LogP contribution in [0.3, 0.4) is 0 Å². The second-order valence-electron chi connectivity index (χ2n) is 6.60. The van der Waals surface area contributed by atoms with E-state index >= 15 is 0 Å². The van der Waals surface area contributed by atoms with Crippen molar-refractivity contribution < 1.29 is 23.8 Å². The zero-order valence-corrected chi connectivity index (χ0v) is 15.7. The molecule has 0 spiro atoms. The van der Waals surface area contributed by atoms with Gasteiger partial charge in [0.1, 0.15) is 11.5 Å². The molecule has 2 atom stereocenters. The first-order valence-corrected chi connectivity index (χ1v) is 9.39. The van der Waals surface area contributed by atoms with Crippen molar-refractivity contribution >= 4 is 11.9 Å². The van der Waals surface area contributed by atoms with Crippen LogP contribution < -0.4 is 14.8 Å². The Hall–Kier alpha value is -2.24. The third kappa shape index (κ3) is 6.94. The predicted molar refractivity (Wildman–Crippen MR) is 98.2 cm³/mol. The SMILES string of the molecule is CCOc1ccc(OCCC(=O)OCC(=O)N[C@H]2CCCC[C@@H]2C)cc1. The first kappa shape index (κ1) is 20.1. The average Bonchev–Trinajstić information content (AvgIpc) is 2.64. The largest absolute Gasteiger partial charge is 0.494 e. The van der Waals surface area contributed by atoms with E-state index in [1.54, 1.807) is 12.1 Å². The lowest BCUT2D eigenvalue weighted by Crippen LogP contribution is -2.42. The molecule has 1 saturated carbocycles. The summed E-state index contributed by atoms with van der Waals surface area (Å²) in [4.78, 5) is 23.6. The zero-order chi connectivity index (χ0) is 18.8. The van der Waals surface area contributed by atoms with E-state index in [0.717, 1.165) is 25.0 Å². The molecule has 0 radical (unpaired) electrons. The quantitative estimate of drug-likeness (QED) is 0.683. The summed E-state index contributed by atoms with van der Waals surface area (Å²) in [5, 5.41) is 2.96. The maximum Gasteiger partial charge on any atom is 0.309 e. The van der Waals surface area contributed by atoms with Crippen molar-refractivity contribution in [1.82, 2.24) is 5.32 Å². The van der Waals surface area contributed by atoms with E-state index in [2.05, 4.69) is 12.2 Å². The molecule has 1 aromatic carbocycles. The number of amides is 1. The minimum atomic E-state index is -0.442. The summed E-state index contributed by atoms with van der Waals surface area (Å²) in [6, 6.07) is 7.39. The molecule has 1 aliphatic rings. The molecule has 0 saturated heterocycles. The standard InChI is InChI=1S/C20H29NO5/c1-3-24-16-8-10-17(11-9-16)25-13-12-20(23)26-14-19(22)21-18-7-5-4-6-15(18)2/h8-11,15,18H,3-7,12-14H2,1-2H3,(H,21,22)/t15-,18-/m0/s1. The fourth-order valence-corrected chi connectivity index (χ4v) is 3.05. The molecule has 0 aromatic heterocycles. The van der Waals surface area contributed by atoms with E-state index in [-0.39, 0.29) is 31.6 Å². The molecule has 1 fully saturated rings. The van der Waals surface area contributed by atoms with Crippen LogP contribution in [-0.4, -0.2) is 37.7 Å². The summed E-state index contributed by atoms with van der Waals surface area (Å²) in [5.74, 6) is 1.24. The fraction of sp³-hybridized carbons (Fsp3) is 0.600. The first-order chi connectivity index (χ1) is 12.6. The van der Waals surface area contributed by atoms with Gasteiger partial charge in [0, 0.05) is 6.04 Å². The van der Waals surface area contributed by atoms with Crippen molar-refractivity contribution in [2.75, 3.05) is 19.8 Å². The normalized spacial score (nSPS) is 19.5. The summed E-state index contributed by atoms with van der Waals surface area (Å²) in [7, 11) is 0. The Morgan fingerprint density at radius 3 is 2.38 bits per heavy atom. The van der Waals surface area contributed by atoms with Crippen LogP contribution in [0, 0.1) is 5.92 Å². The second-order valence-corrected chi connectivity index (χ2v) is 6.60. The molecule has 144 valence electrons. The number of nitrogens with one attached hydrogen (secondary N) is 1. The van der Waals surface area contributed by atoms with Crippen LogP contribution in [0.1, 0.15) is 46.0 Å². The minimum absolute atomic E-state index is 0.0975. The lowest BCUT2D eigenvalue weighted by molar-refractivity contribution is -0.149. The predicted octanol–water partition coefficient (Wildman–Crippen LogP) is 3.09. The summed E-state index contributed by atoms with van der Waals surface area (Å²) >= 11 is 0. The Morgan fingerprint density at radius 1 is 1.08 bits per heavy atom. The monoisotopic (exact) mass is 363 g/mol. The van der Waals surface area contributed by atoms with E-state index in [9.17, 15) is 9.59 Å². The van der Waals surface area contributed by atoms with Gasteiger partial charge in [0.25, 0.3) is 5.91 Å². The van der Waals surface area contributed by atoms with Crippen LogP contribution in [-0.2, 0) is 14.3 Å². The number of esters is 1. The molecule has 0 heterocycles. The van der Waals surface area contributed by atoms with Gasteiger partial charge in [-0.05, 0) is 49.9 Å². The van der Waals surface area contributed by atoms with Crippen LogP contribution in [0.2, 0.25) is 0 Å². The smallest absolute Gasteiger partial charge is 0.309 e. The lowest BCUT2D eigenvalue weighted by atomic mass is 9.86. The Bertz CT molecular complexity index is 572. The van der Waals surface area contributed by atoms with Gasteiger partial charge in [-0.15, -0.1) is 0 Å². The highest BCUT2D eigenvalue weighted by Gasteiger charge is 2.23. The van der Waals surface area contributed by atoms with E-state index in [0.29, 0.717) is 18.3 Å². The number of benzene rings is 1. The summed E-state index contributed by atoms with van der Waals surface area (Å²) in [5.41, 5.74) is 0. The summed E-state index contributed by atoms with van der Waals surface area (Å²) in [6.45, 7) is 4.65. The van der Waals surface area contributed by atoms with Crippen molar-refractivity contribution in [2.24, 2.45) is 5.92 Å². The average molecular weight is 363 g/mol. The first-order valence-electron chi connectivity index (χ1n) is 9.39. The van der Waals surface area contributed by atoms with Gasteiger partial charge < -0.3 is 19.5 Å². The molecule has 0 unspecified atom stereocenters. The molecule has 1 amide bonds. The third-order valence-electron chi connectivity index (χ3n) is 4.53. The number of hydrogen-bond acceptors (Lipinski definition) is 5. The topological polar surface area (TPSA) is 73.9 Å². The molecule has 0 aliphatic heterocycles. The second kappa shape index (κ2) is 10.7. The molecule has 1 aliphatic carbocycles. The maximum atomic E-state index is 11.9. The highest BCUT2D eigenvalue weighted by molar-refractivity contribution is 5.80.